The summed E-state index contributed by atoms with van der Waals surface area (Å²) in [4.78, 5) is 36.9. The van der Waals surface area contributed by atoms with E-state index in [-0.39, 0.29) is 30.9 Å². The van der Waals surface area contributed by atoms with E-state index in [0.717, 1.165) is 0 Å². The highest BCUT2D eigenvalue weighted by Crippen LogP contribution is 2.48. The van der Waals surface area contributed by atoms with E-state index in [1.54, 1.807) is 13.8 Å². The number of anilines is 1. The Kier molecular flexibility index (Phi) is 7.68. The summed E-state index contributed by atoms with van der Waals surface area (Å²) in [6, 6.07) is 14.7. The maximum absolute atomic E-state index is 13.2. The van der Waals surface area contributed by atoms with Gasteiger partial charge in [-0.2, -0.15) is 0 Å². The normalized spacial score (nSPS) is 22.1. The van der Waals surface area contributed by atoms with E-state index in [1.165, 1.54) is 31.2 Å². The van der Waals surface area contributed by atoms with Crippen molar-refractivity contribution in [3.05, 3.63) is 81.5 Å². The number of hydrogen-bond acceptors (Lipinski definition) is 8. The number of rotatable bonds is 8. The number of carbonyl (C=O) groups excluding carboxylic acids is 2. The largest absolute Gasteiger partial charge is 0.466 e. The van der Waals surface area contributed by atoms with Gasteiger partial charge in [0, 0.05) is 35.9 Å². The number of nitro groups is 1. The van der Waals surface area contributed by atoms with Crippen LogP contribution in [0.5, 0.6) is 0 Å². The number of aliphatic hydroxyl groups is 1. The lowest BCUT2D eigenvalue weighted by atomic mass is 9.65. The maximum atomic E-state index is 13.2. The zero-order valence-corrected chi connectivity index (χ0v) is 19.3. The molecule has 3 rings (SSSR count). The Morgan fingerprint density at radius 2 is 1.71 bits per heavy atom. The van der Waals surface area contributed by atoms with Gasteiger partial charge in [-0.15, -0.1) is 0 Å². The summed E-state index contributed by atoms with van der Waals surface area (Å²) in [6.45, 7) is 5.04. The maximum Gasteiger partial charge on any atom is 0.336 e. The Hall–Kier alpha value is -3.72. The molecule has 0 fully saturated rings. The number of non-ortho nitro benzene ring substituents is 1. The van der Waals surface area contributed by atoms with Gasteiger partial charge in [-0.1, -0.05) is 30.3 Å². The van der Waals surface area contributed by atoms with Crippen LogP contribution in [-0.4, -0.2) is 40.8 Å². The molecule has 0 bridgehead atoms. The van der Waals surface area contributed by atoms with E-state index in [0.29, 0.717) is 16.9 Å². The fourth-order valence-electron chi connectivity index (χ4n) is 4.33. The van der Waals surface area contributed by atoms with Gasteiger partial charge in [-0.25, -0.2) is 4.79 Å². The molecule has 9 nitrogen and oxygen atoms in total. The molecule has 0 aromatic heterocycles. The molecule has 2 aromatic rings. The molecule has 0 aliphatic heterocycles. The highest BCUT2D eigenvalue weighted by Gasteiger charge is 2.52. The van der Waals surface area contributed by atoms with Gasteiger partial charge in [0.2, 0.25) is 0 Å². The van der Waals surface area contributed by atoms with Crippen molar-refractivity contribution in [2.24, 2.45) is 5.92 Å². The number of hydrogen-bond donors (Lipinski definition) is 2. The van der Waals surface area contributed by atoms with Crippen LogP contribution in [0.25, 0.3) is 0 Å². The summed E-state index contributed by atoms with van der Waals surface area (Å²) in [7, 11) is 0. The molecule has 1 aliphatic carbocycles. The summed E-state index contributed by atoms with van der Waals surface area (Å²) >= 11 is 0. The van der Waals surface area contributed by atoms with Crippen LogP contribution in [0.15, 0.2) is 65.9 Å². The van der Waals surface area contributed by atoms with Crippen molar-refractivity contribution in [1.29, 1.82) is 0 Å². The first kappa shape index (κ1) is 24.9. The predicted molar refractivity (Wildman–Crippen MR) is 125 cm³/mol. The molecule has 180 valence electrons. The molecule has 1 aliphatic rings. The third-order valence-corrected chi connectivity index (χ3v) is 5.74. The monoisotopic (exact) mass is 468 g/mol. The minimum atomic E-state index is -1.59. The van der Waals surface area contributed by atoms with E-state index in [2.05, 4.69) is 5.32 Å². The molecule has 9 heteroatoms. The lowest BCUT2D eigenvalue weighted by Gasteiger charge is -2.43. The number of ether oxygens (including phenoxy) is 2. The molecule has 0 amide bonds. The minimum Gasteiger partial charge on any atom is -0.466 e. The average Bonchev–Trinajstić information content (AvgIpc) is 2.79. The molecule has 0 saturated heterocycles. The first-order valence-electron chi connectivity index (χ1n) is 11.0. The Balaban J connectivity index is 2.24. The molecule has 0 saturated carbocycles. The number of nitrogens with one attached hydrogen (secondary N) is 1. The summed E-state index contributed by atoms with van der Waals surface area (Å²) < 4.78 is 10.6. The molecular weight excluding hydrogens is 440 g/mol. The quantitative estimate of drug-likeness (QED) is 0.339. The molecule has 2 N–H and O–H groups in total. The lowest BCUT2D eigenvalue weighted by Crippen LogP contribution is -2.49. The van der Waals surface area contributed by atoms with Crippen LogP contribution in [0.4, 0.5) is 11.4 Å². The fraction of sp³-hybridized carbons (Fsp3) is 0.360. The molecule has 0 unspecified atom stereocenters. The molecule has 0 heterocycles. The lowest BCUT2D eigenvalue weighted by molar-refractivity contribution is -0.384. The third kappa shape index (κ3) is 5.26. The molecule has 3 atom stereocenters. The molecule has 0 radical (unpaired) electrons. The zero-order chi connectivity index (χ0) is 24.9. The molecule has 2 aromatic carbocycles. The SMILES string of the molecule is CCOC(=O)C1=C(Nc2ccccc2)C[C@@](C)(O)[C@H](C(=O)OCC)[C@H]1c1ccc([N+](=O)[O-])cc1. The van der Waals surface area contributed by atoms with Crippen LogP contribution >= 0.6 is 0 Å². The molecule has 34 heavy (non-hydrogen) atoms. The van der Waals surface area contributed by atoms with Crippen LogP contribution in [0.3, 0.4) is 0 Å². The third-order valence-electron chi connectivity index (χ3n) is 5.74. The van der Waals surface area contributed by atoms with Crippen molar-refractivity contribution in [2.75, 3.05) is 18.5 Å². The smallest absolute Gasteiger partial charge is 0.336 e. The predicted octanol–water partition coefficient (Wildman–Crippen LogP) is 3.94. The van der Waals surface area contributed by atoms with Crippen LogP contribution in [0.2, 0.25) is 0 Å². The van der Waals surface area contributed by atoms with Crippen LogP contribution in [0, 0.1) is 16.0 Å². The summed E-state index contributed by atoms with van der Waals surface area (Å²) in [5.41, 5.74) is -0.0246. The fourth-order valence-corrected chi connectivity index (χ4v) is 4.33. The van der Waals surface area contributed by atoms with Gasteiger partial charge in [-0.05, 0) is 38.5 Å². The van der Waals surface area contributed by atoms with Crippen molar-refractivity contribution < 1.29 is 29.1 Å². The van der Waals surface area contributed by atoms with E-state index >= 15 is 0 Å². The molecular formula is C25H28N2O7. The summed E-state index contributed by atoms with van der Waals surface area (Å²) in [6.07, 6.45) is -0.0387. The highest BCUT2D eigenvalue weighted by atomic mass is 16.6. The number of esters is 2. The van der Waals surface area contributed by atoms with E-state index in [4.69, 9.17) is 9.47 Å². The Morgan fingerprint density at radius 1 is 1.09 bits per heavy atom. The number of nitro benzene ring substituents is 1. The van der Waals surface area contributed by atoms with Crippen LogP contribution in [0.1, 0.15) is 38.7 Å². The van der Waals surface area contributed by atoms with Gasteiger partial charge in [-0.3, -0.25) is 14.9 Å². The van der Waals surface area contributed by atoms with Crippen molar-refractivity contribution in [3.8, 4) is 0 Å². The first-order valence-corrected chi connectivity index (χ1v) is 11.0. The Labute approximate surface area is 197 Å². The Bertz CT molecular complexity index is 1080. The van der Waals surface area contributed by atoms with Crippen molar-refractivity contribution in [3.63, 3.8) is 0 Å². The second kappa shape index (κ2) is 10.5. The van der Waals surface area contributed by atoms with Crippen molar-refractivity contribution in [1.82, 2.24) is 0 Å². The number of carbonyl (C=O) groups is 2. The van der Waals surface area contributed by atoms with E-state index in [9.17, 15) is 24.8 Å². The number of para-hydroxylation sites is 1. The van der Waals surface area contributed by atoms with E-state index < -0.39 is 34.3 Å². The second-order valence-electron chi connectivity index (χ2n) is 8.19. The average molecular weight is 469 g/mol. The Morgan fingerprint density at radius 3 is 2.26 bits per heavy atom. The van der Waals surface area contributed by atoms with Gasteiger partial charge in [0.05, 0.1) is 35.2 Å². The van der Waals surface area contributed by atoms with E-state index in [1.807, 2.05) is 30.3 Å². The van der Waals surface area contributed by atoms with Gasteiger partial charge in [0.1, 0.15) is 0 Å². The highest BCUT2D eigenvalue weighted by molar-refractivity contribution is 5.94. The van der Waals surface area contributed by atoms with Crippen LogP contribution in [-0.2, 0) is 19.1 Å². The minimum absolute atomic E-state index is 0.0387. The van der Waals surface area contributed by atoms with Gasteiger partial charge in [0.25, 0.3) is 5.69 Å². The van der Waals surface area contributed by atoms with Crippen molar-refractivity contribution >= 4 is 23.3 Å². The number of nitrogens with zero attached hydrogens (tertiary/aromatic N) is 1. The van der Waals surface area contributed by atoms with Crippen molar-refractivity contribution in [2.45, 2.75) is 38.7 Å². The van der Waals surface area contributed by atoms with Gasteiger partial charge < -0.3 is 19.9 Å². The summed E-state index contributed by atoms with van der Waals surface area (Å²) in [5, 5.41) is 25.8. The summed E-state index contributed by atoms with van der Waals surface area (Å²) in [5.74, 6) is -3.42. The topological polar surface area (TPSA) is 128 Å². The first-order chi connectivity index (χ1) is 16.2. The molecule has 0 spiro atoms. The standard InChI is InChI=1S/C25H28N2O7/c1-4-33-23(28)21-19(26-17-9-7-6-8-10-17)15-25(3,30)22(24(29)34-5-2)20(21)16-11-13-18(14-12-16)27(31)32/h6-14,20,22,26,30H,4-5,15H2,1-3H3/t20-,22-,25+/m0/s1. The second-order valence-corrected chi connectivity index (χ2v) is 8.19. The van der Waals surface area contributed by atoms with Crippen LogP contribution < -0.4 is 5.32 Å². The van der Waals surface area contributed by atoms with Gasteiger partial charge >= 0.3 is 11.9 Å². The zero-order valence-electron chi connectivity index (χ0n) is 19.3. The number of benzene rings is 2. The van der Waals surface area contributed by atoms with Gasteiger partial charge in [0.15, 0.2) is 0 Å².